The van der Waals surface area contributed by atoms with Crippen LogP contribution in [-0.4, -0.2) is 37.0 Å². The van der Waals surface area contributed by atoms with Gasteiger partial charge in [-0.1, -0.05) is 40.9 Å². The van der Waals surface area contributed by atoms with Gasteiger partial charge in [-0.3, -0.25) is 19.7 Å². The number of hydrogen-bond acceptors (Lipinski definition) is 6. The number of anilines is 2. The highest BCUT2D eigenvalue weighted by Gasteiger charge is 2.37. The first-order chi connectivity index (χ1) is 19.5. The average molecular weight is 682 g/mol. The first-order valence-corrected chi connectivity index (χ1v) is 13.9. The first-order valence-electron chi connectivity index (χ1n) is 12.0. The van der Waals surface area contributed by atoms with Crippen molar-refractivity contribution in [3.05, 3.63) is 84.8 Å². The Morgan fingerprint density at radius 3 is 2.44 bits per heavy atom. The van der Waals surface area contributed by atoms with Gasteiger partial charge in [0.15, 0.2) is 18.1 Å². The van der Waals surface area contributed by atoms with Crippen LogP contribution in [0.15, 0.2) is 58.6 Å². The van der Waals surface area contributed by atoms with Gasteiger partial charge in [0.05, 0.1) is 26.8 Å². The van der Waals surface area contributed by atoms with Gasteiger partial charge in [0.1, 0.15) is 5.57 Å². The molecular formula is C28H21BrCl3N3O6. The Balaban J connectivity index is 1.58. The fraction of sp³-hybridized carbons (Fsp3) is 0.143. The summed E-state index contributed by atoms with van der Waals surface area (Å²) in [5, 5.41) is 5.74. The fourth-order valence-corrected chi connectivity index (χ4v) is 4.81. The SMILES string of the molecule is CCOc1cc(/C=C2/C(=O)NC(=O)N(c3ccc(Cl)c(Cl)c3)C2=O)cc(Br)c1OCC(=O)Nc1ccc(C)c(Cl)c1. The number of hydrogen-bond donors (Lipinski definition) is 2. The zero-order valence-corrected chi connectivity index (χ0v) is 25.4. The number of urea groups is 1. The van der Waals surface area contributed by atoms with E-state index in [-0.39, 0.29) is 46.0 Å². The van der Waals surface area contributed by atoms with Gasteiger partial charge in [-0.25, -0.2) is 9.69 Å². The third-order valence-corrected chi connectivity index (χ3v) is 7.44. The molecule has 2 N–H and O–H groups in total. The monoisotopic (exact) mass is 679 g/mol. The fourth-order valence-electron chi connectivity index (χ4n) is 3.76. The van der Waals surface area contributed by atoms with E-state index in [2.05, 4.69) is 26.6 Å². The van der Waals surface area contributed by atoms with Gasteiger partial charge in [0.2, 0.25) is 0 Å². The van der Waals surface area contributed by atoms with Crippen LogP contribution in [0.4, 0.5) is 16.2 Å². The van der Waals surface area contributed by atoms with Crippen molar-refractivity contribution >= 4 is 91.9 Å². The second kappa shape index (κ2) is 12.9. The van der Waals surface area contributed by atoms with Crippen molar-refractivity contribution in [3.63, 3.8) is 0 Å². The number of halogens is 4. The van der Waals surface area contributed by atoms with Gasteiger partial charge in [0.25, 0.3) is 17.7 Å². The molecule has 41 heavy (non-hydrogen) atoms. The van der Waals surface area contributed by atoms with Crippen molar-refractivity contribution < 1.29 is 28.7 Å². The topological polar surface area (TPSA) is 114 Å². The molecule has 13 heteroatoms. The molecule has 0 unspecified atom stereocenters. The van der Waals surface area contributed by atoms with Crippen molar-refractivity contribution in [2.75, 3.05) is 23.4 Å². The van der Waals surface area contributed by atoms with Gasteiger partial charge in [-0.2, -0.15) is 0 Å². The maximum atomic E-state index is 13.3. The van der Waals surface area contributed by atoms with Crippen LogP contribution in [0.2, 0.25) is 15.1 Å². The molecule has 0 bridgehead atoms. The lowest BCUT2D eigenvalue weighted by molar-refractivity contribution is -0.122. The zero-order chi connectivity index (χ0) is 29.8. The van der Waals surface area contributed by atoms with Crippen molar-refractivity contribution in [2.45, 2.75) is 13.8 Å². The van der Waals surface area contributed by atoms with Crippen molar-refractivity contribution in [2.24, 2.45) is 0 Å². The second-order valence-corrected chi connectivity index (χ2v) is 10.7. The Hall–Kier alpha value is -3.57. The molecule has 9 nitrogen and oxygen atoms in total. The number of aryl methyl sites for hydroxylation is 1. The summed E-state index contributed by atoms with van der Waals surface area (Å²) in [5.41, 5.74) is 1.60. The Kier molecular flexibility index (Phi) is 9.60. The summed E-state index contributed by atoms with van der Waals surface area (Å²) in [6.07, 6.45) is 1.31. The molecule has 3 aromatic carbocycles. The van der Waals surface area contributed by atoms with E-state index >= 15 is 0 Å². The molecular weight excluding hydrogens is 661 g/mol. The molecule has 0 atom stereocenters. The summed E-state index contributed by atoms with van der Waals surface area (Å²) in [6, 6.07) is 11.5. The molecule has 0 spiro atoms. The van der Waals surface area contributed by atoms with Crippen LogP contribution < -0.4 is 25.0 Å². The number of imide groups is 2. The van der Waals surface area contributed by atoms with Gasteiger partial charge in [-0.05, 0) is 89.4 Å². The highest BCUT2D eigenvalue weighted by molar-refractivity contribution is 9.10. The van der Waals surface area contributed by atoms with E-state index in [9.17, 15) is 19.2 Å². The lowest BCUT2D eigenvalue weighted by Crippen LogP contribution is -2.54. The molecule has 0 saturated carbocycles. The molecule has 3 aromatic rings. The molecule has 0 radical (unpaired) electrons. The number of benzene rings is 3. The van der Waals surface area contributed by atoms with Crippen molar-refractivity contribution in [1.82, 2.24) is 5.32 Å². The van der Waals surface area contributed by atoms with Crippen LogP contribution in [0, 0.1) is 6.92 Å². The van der Waals surface area contributed by atoms with E-state index in [0.717, 1.165) is 10.5 Å². The second-order valence-electron chi connectivity index (χ2n) is 8.62. The van der Waals surface area contributed by atoms with Gasteiger partial charge < -0.3 is 14.8 Å². The number of barbiturate groups is 1. The smallest absolute Gasteiger partial charge is 0.335 e. The maximum Gasteiger partial charge on any atom is 0.335 e. The number of amides is 5. The third kappa shape index (κ3) is 7.02. The number of carbonyl (C=O) groups excluding carboxylic acids is 4. The molecule has 212 valence electrons. The largest absolute Gasteiger partial charge is 0.490 e. The molecule has 1 aliphatic heterocycles. The van der Waals surface area contributed by atoms with Crippen LogP contribution >= 0.6 is 50.7 Å². The zero-order valence-electron chi connectivity index (χ0n) is 21.5. The molecule has 1 fully saturated rings. The van der Waals surface area contributed by atoms with Crippen LogP contribution in [0.1, 0.15) is 18.1 Å². The number of rotatable bonds is 8. The average Bonchev–Trinajstić information content (AvgIpc) is 2.90. The number of carbonyl (C=O) groups is 4. The highest BCUT2D eigenvalue weighted by Crippen LogP contribution is 2.38. The Labute approximate surface area is 258 Å². The molecule has 1 aliphatic rings. The minimum absolute atomic E-state index is 0.129. The van der Waals surface area contributed by atoms with E-state index in [4.69, 9.17) is 44.3 Å². The predicted octanol–water partition coefficient (Wildman–Crippen LogP) is 6.80. The van der Waals surface area contributed by atoms with Gasteiger partial charge >= 0.3 is 6.03 Å². The predicted molar refractivity (Wildman–Crippen MR) is 161 cm³/mol. The van der Waals surface area contributed by atoms with Crippen molar-refractivity contribution in [1.29, 1.82) is 0 Å². The lowest BCUT2D eigenvalue weighted by Gasteiger charge is -2.26. The van der Waals surface area contributed by atoms with Gasteiger partial charge in [-0.15, -0.1) is 0 Å². The molecule has 5 amide bonds. The Morgan fingerprint density at radius 1 is 1.00 bits per heavy atom. The summed E-state index contributed by atoms with van der Waals surface area (Å²) in [6.45, 7) is 3.53. The van der Waals surface area contributed by atoms with Crippen LogP contribution in [0.25, 0.3) is 6.08 Å². The van der Waals surface area contributed by atoms with E-state index in [0.29, 0.717) is 20.7 Å². The van der Waals surface area contributed by atoms with E-state index in [1.165, 1.54) is 30.3 Å². The Morgan fingerprint density at radius 2 is 1.76 bits per heavy atom. The van der Waals surface area contributed by atoms with Gasteiger partial charge in [0, 0.05) is 10.7 Å². The van der Waals surface area contributed by atoms with E-state index in [1.807, 2.05) is 6.92 Å². The number of ether oxygens (including phenoxy) is 2. The van der Waals surface area contributed by atoms with E-state index in [1.54, 1.807) is 31.2 Å². The molecule has 1 heterocycles. The number of nitrogens with one attached hydrogen (secondary N) is 2. The summed E-state index contributed by atoms with van der Waals surface area (Å²) in [7, 11) is 0. The maximum absolute atomic E-state index is 13.3. The summed E-state index contributed by atoms with van der Waals surface area (Å²) in [4.78, 5) is 51.7. The molecule has 1 saturated heterocycles. The first kappa shape index (κ1) is 30.4. The minimum atomic E-state index is -0.929. The molecule has 0 aliphatic carbocycles. The normalized spacial score (nSPS) is 14.2. The van der Waals surface area contributed by atoms with Crippen LogP contribution in [-0.2, 0) is 14.4 Å². The minimum Gasteiger partial charge on any atom is -0.490 e. The summed E-state index contributed by atoms with van der Waals surface area (Å²) >= 11 is 21.5. The van der Waals surface area contributed by atoms with Crippen molar-refractivity contribution in [3.8, 4) is 11.5 Å². The molecule has 0 aromatic heterocycles. The lowest BCUT2D eigenvalue weighted by atomic mass is 10.1. The highest BCUT2D eigenvalue weighted by atomic mass is 79.9. The standard InChI is InChI=1S/C28H21BrCl3N3O6/c1-3-40-23-10-15(9-19(29)25(23)41-13-24(36)33-16-5-4-14(2)21(31)11-16)8-18-26(37)34-28(39)35(27(18)38)17-6-7-20(30)22(32)12-17/h4-12H,3,13H2,1-2H3,(H,33,36)(H,34,37,39)/b18-8-. The summed E-state index contributed by atoms with van der Waals surface area (Å²) in [5.74, 6) is -1.68. The van der Waals surface area contributed by atoms with E-state index < -0.39 is 23.8 Å². The van der Waals surface area contributed by atoms with Crippen LogP contribution in [0.3, 0.4) is 0 Å². The van der Waals surface area contributed by atoms with Crippen LogP contribution in [0.5, 0.6) is 11.5 Å². The quantitative estimate of drug-likeness (QED) is 0.200. The third-order valence-electron chi connectivity index (χ3n) is 5.71. The summed E-state index contributed by atoms with van der Waals surface area (Å²) < 4.78 is 11.8. The number of nitrogens with zero attached hydrogens (tertiary/aromatic N) is 1. The Bertz CT molecular complexity index is 1610. The molecule has 4 rings (SSSR count).